The Morgan fingerprint density at radius 2 is 1.94 bits per heavy atom. The third kappa shape index (κ3) is 2.60. The van der Waals surface area contributed by atoms with Gasteiger partial charge in [0, 0.05) is 24.5 Å². The summed E-state index contributed by atoms with van der Waals surface area (Å²) in [5.74, 6) is 0. The second-order valence-corrected chi connectivity index (χ2v) is 4.60. The maximum Gasteiger partial charge on any atom is 0.0320 e. The zero-order valence-corrected chi connectivity index (χ0v) is 10.2. The van der Waals surface area contributed by atoms with E-state index < -0.39 is 0 Å². The molecule has 1 N–H and O–H groups in total. The monoisotopic (exact) mass is 219 g/mol. The maximum absolute atomic E-state index is 4.07. The van der Waals surface area contributed by atoms with E-state index in [1.165, 1.54) is 18.4 Å². The Bertz CT molecular complexity index is 306. The molecule has 0 bridgehead atoms. The number of hydrogen-bond acceptors (Lipinski definition) is 3. The first-order chi connectivity index (χ1) is 7.79. The van der Waals surface area contributed by atoms with E-state index in [1.54, 1.807) is 0 Å². The lowest BCUT2D eigenvalue weighted by Gasteiger charge is -2.36. The summed E-state index contributed by atoms with van der Waals surface area (Å²) in [4.78, 5) is 6.57. The predicted octanol–water partition coefficient (Wildman–Crippen LogP) is 1.83. The molecule has 1 unspecified atom stereocenters. The Balaban J connectivity index is 2.00. The number of rotatable bonds is 3. The quantitative estimate of drug-likeness (QED) is 0.840. The van der Waals surface area contributed by atoms with Gasteiger partial charge in [0.15, 0.2) is 0 Å². The molecule has 3 heteroatoms. The zero-order chi connectivity index (χ0) is 11.4. The van der Waals surface area contributed by atoms with Gasteiger partial charge in [0.2, 0.25) is 0 Å². The van der Waals surface area contributed by atoms with Crippen molar-refractivity contribution in [3.63, 3.8) is 0 Å². The minimum atomic E-state index is 0.478. The van der Waals surface area contributed by atoms with Crippen LogP contribution in [0, 0.1) is 0 Å². The molecule has 0 saturated carbocycles. The molecule has 1 aliphatic rings. The standard InChI is InChI=1S/C13H21N3/c1-11(12-3-7-14-8-4-12)16(2)13-5-9-15-10-6-13/h3-4,7-8,11,13,15H,5-6,9-10H2,1-2H3. The maximum atomic E-state index is 4.07. The molecule has 1 fully saturated rings. The molecule has 0 spiro atoms. The van der Waals surface area contributed by atoms with Crippen LogP contribution in [-0.2, 0) is 0 Å². The summed E-state index contributed by atoms with van der Waals surface area (Å²) < 4.78 is 0. The van der Waals surface area contributed by atoms with Crippen molar-refractivity contribution >= 4 is 0 Å². The molecule has 1 saturated heterocycles. The van der Waals surface area contributed by atoms with Crippen LogP contribution < -0.4 is 5.32 Å². The smallest absolute Gasteiger partial charge is 0.0320 e. The highest BCUT2D eigenvalue weighted by molar-refractivity contribution is 5.14. The van der Waals surface area contributed by atoms with Crippen LogP contribution in [0.5, 0.6) is 0 Å². The van der Waals surface area contributed by atoms with Gasteiger partial charge in [-0.15, -0.1) is 0 Å². The van der Waals surface area contributed by atoms with Crippen molar-refractivity contribution in [2.45, 2.75) is 31.8 Å². The zero-order valence-electron chi connectivity index (χ0n) is 10.2. The van der Waals surface area contributed by atoms with E-state index >= 15 is 0 Å². The molecular formula is C13H21N3. The largest absolute Gasteiger partial charge is 0.317 e. The van der Waals surface area contributed by atoms with Crippen LogP contribution >= 0.6 is 0 Å². The first-order valence-electron chi connectivity index (χ1n) is 6.11. The van der Waals surface area contributed by atoms with E-state index in [1.807, 2.05) is 12.4 Å². The van der Waals surface area contributed by atoms with E-state index in [-0.39, 0.29) is 0 Å². The van der Waals surface area contributed by atoms with Gasteiger partial charge in [-0.25, -0.2) is 0 Å². The van der Waals surface area contributed by atoms with Gasteiger partial charge in [0.05, 0.1) is 0 Å². The van der Waals surface area contributed by atoms with Crippen LogP contribution in [0.15, 0.2) is 24.5 Å². The third-order valence-corrected chi connectivity index (χ3v) is 3.68. The van der Waals surface area contributed by atoms with Crippen molar-refractivity contribution in [2.24, 2.45) is 0 Å². The summed E-state index contributed by atoms with van der Waals surface area (Å²) in [5.41, 5.74) is 1.36. The number of nitrogens with zero attached hydrogens (tertiary/aromatic N) is 2. The van der Waals surface area contributed by atoms with Crippen molar-refractivity contribution in [3.8, 4) is 0 Å². The summed E-state index contributed by atoms with van der Waals surface area (Å²) in [7, 11) is 2.24. The van der Waals surface area contributed by atoms with E-state index in [0.717, 1.165) is 13.1 Å². The molecule has 1 aromatic rings. The van der Waals surface area contributed by atoms with Crippen molar-refractivity contribution in [3.05, 3.63) is 30.1 Å². The fourth-order valence-corrected chi connectivity index (χ4v) is 2.41. The fourth-order valence-electron chi connectivity index (χ4n) is 2.41. The lowest BCUT2D eigenvalue weighted by molar-refractivity contribution is 0.152. The first kappa shape index (κ1) is 11.6. The van der Waals surface area contributed by atoms with Crippen molar-refractivity contribution in [1.82, 2.24) is 15.2 Å². The van der Waals surface area contributed by atoms with Crippen molar-refractivity contribution in [2.75, 3.05) is 20.1 Å². The first-order valence-corrected chi connectivity index (χ1v) is 6.11. The molecule has 2 rings (SSSR count). The summed E-state index contributed by atoms with van der Waals surface area (Å²) in [6, 6.07) is 5.42. The van der Waals surface area contributed by atoms with Gasteiger partial charge in [-0.3, -0.25) is 9.88 Å². The Hall–Kier alpha value is -0.930. The van der Waals surface area contributed by atoms with E-state index in [9.17, 15) is 0 Å². The third-order valence-electron chi connectivity index (χ3n) is 3.68. The van der Waals surface area contributed by atoms with Crippen LogP contribution in [0.1, 0.15) is 31.4 Å². The van der Waals surface area contributed by atoms with E-state index in [4.69, 9.17) is 0 Å². The summed E-state index contributed by atoms with van der Waals surface area (Å²) in [6.07, 6.45) is 6.27. The van der Waals surface area contributed by atoms with Gasteiger partial charge in [0.25, 0.3) is 0 Å². The summed E-state index contributed by atoms with van der Waals surface area (Å²) in [5, 5.41) is 3.41. The molecule has 1 atom stereocenters. The Morgan fingerprint density at radius 3 is 2.56 bits per heavy atom. The Kier molecular flexibility index (Phi) is 3.91. The van der Waals surface area contributed by atoms with Gasteiger partial charge in [-0.1, -0.05) is 0 Å². The number of pyridine rings is 1. The number of nitrogens with one attached hydrogen (secondary N) is 1. The molecule has 0 aliphatic carbocycles. The highest BCUT2D eigenvalue weighted by atomic mass is 15.2. The molecule has 0 aromatic carbocycles. The van der Waals surface area contributed by atoms with Crippen LogP contribution in [-0.4, -0.2) is 36.1 Å². The van der Waals surface area contributed by atoms with Gasteiger partial charge in [-0.2, -0.15) is 0 Å². The van der Waals surface area contributed by atoms with Crippen LogP contribution in [0.3, 0.4) is 0 Å². The fraction of sp³-hybridized carbons (Fsp3) is 0.615. The Morgan fingerprint density at radius 1 is 1.31 bits per heavy atom. The number of aromatic nitrogens is 1. The molecule has 88 valence electrons. The molecule has 1 aromatic heterocycles. The van der Waals surface area contributed by atoms with Gasteiger partial charge in [0.1, 0.15) is 0 Å². The summed E-state index contributed by atoms with van der Waals surface area (Å²) >= 11 is 0. The second kappa shape index (κ2) is 5.41. The average molecular weight is 219 g/mol. The highest BCUT2D eigenvalue weighted by Crippen LogP contribution is 2.23. The Labute approximate surface area is 97.9 Å². The van der Waals surface area contributed by atoms with Crippen LogP contribution in [0.25, 0.3) is 0 Å². The number of piperidine rings is 1. The van der Waals surface area contributed by atoms with E-state index in [2.05, 4.69) is 41.3 Å². The van der Waals surface area contributed by atoms with Crippen molar-refractivity contribution in [1.29, 1.82) is 0 Å². The van der Waals surface area contributed by atoms with Gasteiger partial charge < -0.3 is 5.32 Å². The van der Waals surface area contributed by atoms with E-state index in [0.29, 0.717) is 12.1 Å². The SMILES string of the molecule is CC(c1ccncc1)N(C)C1CCNCC1. The molecular weight excluding hydrogens is 198 g/mol. The molecule has 3 nitrogen and oxygen atoms in total. The van der Waals surface area contributed by atoms with Gasteiger partial charge in [-0.05, 0) is 57.6 Å². The summed E-state index contributed by atoms with van der Waals surface area (Å²) in [6.45, 7) is 4.58. The lowest BCUT2D eigenvalue weighted by atomic mass is 10.0. The van der Waals surface area contributed by atoms with Gasteiger partial charge >= 0.3 is 0 Å². The molecule has 0 amide bonds. The molecule has 16 heavy (non-hydrogen) atoms. The molecule has 2 heterocycles. The second-order valence-electron chi connectivity index (χ2n) is 4.60. The molecule has 0 radical (unpaired) electrons. The van der Waals surface area contributed by atoms with Crippen LogP contribution in [0.4, 0.5) is 0 Å². The average Bonchev–Trinajstić information content (AvgIpc) is 2.39. The minimum Gasteiger partial charge on any atom is -0.317 e. The van der Waals surface area contributed by atoms with Crippen molar-refractivity contribution < 1.29 is 0 Å². The normalized spacial score (nSPS) is 19.9. The lowest BCUT2D eigenvalue weighted by Crippen LogP contribution is -2.42. The molecule has 1 aliphatic heterocycles. The topological polar surface area (TPSA) is 28.2 Å². The highest BCUT2D eigenvalue weighted by Gasteiger charge is 2.22. The predicted molar refractivity (Wildman–Crippen MR) is 66.3 cm³/mol. The number of hydrogen-bond donors (Lipinski definition) is 1. The van der Waals surface area contributed by atoms with Crippen LogP contribution in [0.2, 0.25) is 0 Å². The minimum absolute atomic E-state index is 0.478.